The van der Waals surface area contributed by atoms with Gasteiger partial charge in [0.1, 0.15) is 0 Å². The lowest BCUT2D eigenvalue weighted by atomic mass is 10.0. The molecule has 0 fully saturated rings. The van der Waals surface area contributed by atoms with Gasteiger partial charge >= 0.3 is 0 Å². The van der Waals surface area contributed by atoms with Crippen molar-refractivity contribution in [2.75, 3.05) is 6.54 Å². The maximum atomic E-state index is 6.16. The second kappa shape index (κ2) is 6.51. The number of halogens is 1. The first-order valence-corrected chi connectivity index (χ1v) is 7.75. The minimum absolute atomic E-state index is 0.271. The lowest BCUT2D eigenvalue weighted by molar-refractivity contribution is 0.548. The molecule has 102 valence electrons. The van der Waals surface area contributed by atoms with Gasteiger partial charge in [0.25, 0.3) is 0 Å². The van der Waals surface area contributed by atoms with Crippen LogP contribution in [0.5, 0.6) is 0 Å². The molecule has 0 aliphatic carbocycles. The molecular weight excluding hydrogens is 276 g/mol. The van der Waals surface area contributed by atoms with E-state index in [0.717, 1.165) is 23.7 Å². The van der Waals surface area contributed by atoms with Crippen LogP contribution in [-0.2, 0) is 6.42 Å². The number of aryl methyl sites for hydroxylation is 2. The van der Waals surface area contributed by atoms with Crippen molar-refractivity contribution in [3.63, 3.8) is 0 Å². The fraction of sp³-hybridized carbons (Fsp3) is 0.400. The summed E-state index contributed by atoms with van der Waals surface area (Å²) in [4.78, 5) is 4.55. The van der Waals surface area contributed by atoms with Gasteiger partial charge in [-0.1, -0.05) is 24.6 Å². The minimum atomic E-state index is 0.271. The van der Waals surface area contributed by atoms with Gasteiger partial charge in [-0.3, -0.25) is 0 Å². The molecule has 1 N–H and O–H groups in total. The van der Waals surface area contributed by atoms with Crippen LogP contribution in [-0.4, -0.2) is 11.5 Å². The highest BCUT2D eigenvalue weighted by Crippen LogP contribution is 2.24. The van der Waals surface area contributed by atoms with Gasteiger partial charge in [0, 0.05) is 28.6 Å². The maximum Gasteiger partial charge on any atom is 0.0947 e. The van der Waals surface area contributed by atoms with Crippen LogP contribution in [0.3, 0.4) is 0 Å². The van der Waals surface area contributed by atoms with Gasteiger partial charge in [-0.25, -0.2) is 4.98 Å². The molecule has 4 heteroatoms. The van der Waals surface area contributed by atoms with Crippen molar-refractivity contribution in [2.45, 2.75) is 33.2 Å². The Bertz CT molecular complexity index is 531. The van der Waals surface area contributed by atoms with Crippen molar-refractivity contribution in [3.05, 3.63) is 50.4 Å². The third-order valence-corrected chi connectivity index (χ3v) is 4.17. The van der Waals surface area contributed by atoms with Crippen LogP contribution in [0.1, 0.15) is 34.8 Å². The molecule has 1 heterocycles. The van der Waals surface area contributed by atoms with Gasteiger partial charge in [0.05, 0.1) is 5.01 Å². The summed E-state index contributed by atoms with van der Waals surface area (Å²) in [6.07, 6.45) is 0.909. The Morgan fingerprint density at radius 1 is 1.32 bits per heavy atom. The molecule has 1 aromatic heterocycles. The van der Waals surface area contributed by atoms with Gasteiger partial charge in [-0.05, 0) is 43.7 Å². The van der Waals surface area contributed by atoms with Gasteiger partial charge in [0.15, 0.2) is 0 Å². The lowest BCUT2D eigenvalue weighted by Gasteiger charge is -2.18. The summed E-state index contributed by atoms with van der Waals surface area (Å²) >= 11 is 7.88. The topological polar surface area (TPSA) is 24.9 Å². The first-order chi connectivity index (χ1) is 9.08. The highest BCUT2D eigenvalue weighted by Gasteiger charge is 2.14. The number of benzene rings is 1. The fourth-order valence-electron chi connectivity index (χ4n) is 2.19. The van der Waals surface area contributed by atoms with Crippen molar-refractivity contribution in [3.8, 4) is 0 Å². The molecule has 1 atom stereocenters. The quantitative estimate of drug-likeness (QED) is 0.889. The minimum Gasteiger partial charge on any atom is -0.310 e. The SMILES string of the molecule is CCNC(Cc1nc(C)cs1)c1cc(C)cc(Cl)c1. The van der Waals surface area contributed by atoms with Crippen molar-refractivity contribution in [1.82, 2.24) is 10.3 Å². The number of aromatic nitrogens is 1. The van der Waals surface area contributed by atoms with E-state index >= 15 is 0 Å². The van der Waals surface area contributed by atoms with Crippen LogP contribution in [0.25, 0.3) is 0 Å². The standard InChI is InChI=1S/C15H19ClN2S/c1-4-17-14(8-15-18-11(3)9-19-15)12-5-10(2)6-13(16)7-12/h5-7,9,14,17H,4,8H2,1-3H3. The van der Waals surface area contributed by atoms with Crippen LogP contribution in [0.2, 0.25) is 5.02 Å². The van der Waals surface area contributed by atoms with E-state index in [0.29, 0.717) is 0 Å². The third kappa shape index (κ3) is 4.03. The number of nitrogens with zero attached hydrogens (tertiary/aromatic N) is 1. The van der Waals surface area contributed by atoms with E-state index in [1.807, 2.05) is 19.1 Å². The van der Waals surface area contributed by atoms with E-state index in [2.05, 4.69) is 35.6 Å². The second-order valence-corrected chi connectivity index (χ2v) is 6.14. The summed E-state index contributed by atoms with van der Waals surface area (Å²) in [5.41, 5.74) is 3.53. The first kappa shape index (κ1) is 14.5. The monoisotopic (exact) mass is 294 g/mol. The Balaban J connectivity index is 2.23. The van der Waals surface area contributed by atoms with E-state index in [1.54, 1.807) is 11.3 Å². The number of nitrogens with one attached hydrogen (secondary N) is 1. The van der Waals surface area contributed by atoms with E-state index in [-0.39, 0.29) is 6.04 Å². The Labute approximate surface area is 123 Å². The molecule has 2 nitrogen and oxygen atoms in total. The predicted octanol–water partition coefficient (Wildman–Crippen LogP) is 4.31. The Morgan fingerprint density at radius 2 is 2.11 bits per heavy atom. The molecule has 0 saturated carbocycles. The Kier molecular flexibility index (Phi) is 4.97. The second-order valence-electron chi connectivity index (χ2n) is 4.76. The van der Waals surface area contributed by atoms with Crippen LogP contribution < -0.4 is 5.32 Å². The number of hydrogen-bond acceptors (Lipinski definition) is 3. The predicted molar refractivity (Wildman–Crippen MR) is 83.2 cm³/mol. The normalized spacial score (nSPS) is 12.6. The fourth-order valence-corrected chi connectivity index (χ4v) is 3.31. The maximum absolute atomic E-state index is 6.16. The molecule has 0 amide bonds. The van der Waals surface area contributed by atoms with Crippen LogP contribution in [0.15, 0.2) is 23.6 Å². The molecule has 2 rings (SSSR count). The summed E-state index contributed by atoms with van der Waals surface area (Å²) in [6.45, 7) is 7.16. The number of likely N-dealkylation sites (N-methyl/N-ethyl adjacent to an activating group) is 1. The summed E-state index contributed by atoms with van der Waals surface area (Å²) in [6, 6.07) is 6.50. The zero-order chi connectivity index (χ0) is 13.8. The molecule has 0 spiro atoms. The Morgan fingerprint density at radius 3 is 2.68 bits per heavy atom. The van der Waals surface area contributed by atoms with E-state index in [4.69, 9.17) is 11.6 Å². The third-order valence-electron chi connectivity index (χ3n) is 2.96. The number of thiazole rings is 1. The van der Waals surface area contributed by atoms with Gasteiger partial charge in [0.2, 0.25) is 0 Å². The van der Waals surface area contributed by atoms with Gasteiger partial charge in [-0.2, -0.15) is 0 Å². The zero-order valence-electron chi connectivity index (χ0n) is 11.5. The highest BCUT2D eigenvalue weighted by atomic mass is 35.5. The van der Waals surface area contributed by atoms with Crippen LogP contribution >= 0.6 is 22.9 Å². The van der Waals surface area contributed by atoms with Gasteiger partial charge in [-0.15, -0.1) is 11.3 Å². The molecule has 0 aliphatic heterocycles. The summed E-state index contributed by atoms with van der Waals surface area (Å²) in [7, 11) is 0. The largest absolute Gasteiger partial charge is 0.310 e. The van der Waals surface area contributed by atoms with E-state index in [1.165, 1.54) is 16.1 Å². The highest BCUT2D eigenvalue weighted by molar-refractivity contribution is 7.09. The molecule has 19 heavy (non-hydrogen) atoms. The van der Waals surface area contributed by atoms with Crippen molar-refractivity contribution < 1.29 is 0 Å². The average Bonchev–Trinajstić information content (AvgIpc) is 2.73. The Hall–Kier alpha value is -0.900. The van der Waals surface area contributed by atoms with Crippen molar-refractivity contribution >= 4 is 22.9 Å². The van der Waals surface area contributed by atoms with Crippen LogP contribution in [0, 0.1) is 13.8 Å². The molecule has 2 aromatic rings. The van der Waals surface area contributed by atoms with E-state index < -0.39 is 0 Å². The molecular formula is C15H19ClN2S. The van der Waals surface area contributed by atoms with Crippen molar-refractivity contribution in [2.24, 2.45) is 0 Å². The zero-order valence-corrected chi connectivity index (χ0v) is 13.1. The number of hydrogen-bond donors (Lipinski definition) is 1. The molecule has 0 saturated heterocycles. The van der Waals surface area contributed by atoms with Gasteiger partial charge < -0.3 is 5.32 Å². The first-order valence-electron chi connectivity index (χ1n) is 6.50. The lowest BCUT2D eigenvalue weighted by Crippen LogP contribution is -2.23. The molecule has 0 bridgehead atoms. The average molecular weight is 295 g/mol. The van der Waals surface area contributed by atoms with Crippen molar-refractivity contribution in [1.29, 1.82) is 0 Å². The molecule has 0 radical (unpaired) electrons. The molecule has 1 aromatic carbocycles. The number of rotatable bonds is 5. The summed E-state index contributed by atoms with van der Waals surface area (Å²) in [5.74, 6) is 0. The smallest absolute Gasteiger partial charge is 0.0947 e. The van der Waals surface area contributed by atoms with E-state index in [9.17, 15) is 0 Å². The summed E-state index contributed by atoms with van der Waals surface area (Å²) < 4.78 is 0. The summed E-state index contributed by atoms with van der Waals surface area (Å²) in [5, 5.41) is 7.58. The molecule has 1 unspecified atom stereocenters. The van der Waals surface area contributed by atoms with Crippen LogP contribution in [0.4, 0.5) is 0 Å². The molecule has 0 aliphatic rings.